The highest BCUT2D eigenvalue weighted by Crippen LogP contribution is 2.23. The molecule has 0 spiro atoms. The molecule has 0 fully saturated rings. The lowest BCUT2D eigenvalue weighted by Crippen LogP contribution is -2.54. The van der Waals surface area contributed by atoms with E-state index in [1.54, 1.807) is 4.31 Å². The Bertz CT molecular complexity index is 322. The normalized spacial score (nSPS) is 16.2. The molecule has 0 bridgehead atoms. The van der Waals surface area contributed by atoms with Crippen LogP contribution in [0.25, 0.3) is 0 Å². The molecule has 0 aromatic rings. The monoisotopic (exact) mass is 278 g/mol. The van der Waals surface area contributed by atoms with E-state index in [2.05, 4.69) is 0 Å². The van der Waals surface area contributed by atoms with Crippen LogP contribution < -0.4 is 5.73 Å². The summed E-state index contributed by atoms with van der Waals surface area (Å²) in [6.07, 6.45) is 2.26. The largest absolute Gasteiger partial charge is 0.329 e. The Morgan fingerprint density at radius 2 is 1.83 bits per heavy atom. The summed E-state index contributed by atoms with van der Waals surface area (Å²) >= 11 is 0. The standard InChI is InChI=1S/C13H30N2O2S/c1-6-9-15(13(5,7-2)11-14)18(16,17)10-8-12(3)4/h12H,6-11,14H2,1-5H3. The number of hydrogen-bond donors (Lipinski definition) is 1. The molecule has 0 heterocycles. The molecule has 0 aromatic heterocycles. The molecule has 0 aromatic carbocycles. The van der Waals surface area contributed by atoms with Gasteiger partial charge in [0.2, 0.25) is 10.0 Å². The van der Waals surface area contributed by atoms with Gasteiger partial charge in [-0.25, -0.2) is 8.42 Å². The number of nitrogens with zero attached hydrogens (tertiary/aromatic N) is 1. The predicted molar refractivity (Wildman–Crippen MR) is 78.0 cm³/mol. The molecule has 0 amide bonds. The maximum atomic E-state index is 12.5. The summed E-state index contributed by atoms with van der Waals surface area (Å²) in [7, 11) is -3.21. The topological polar surface area (TPSA) is 63.4 Å². The third-order valence-corrected chi connectivity index (χ3v) is 5.57. The van der Waals surface area contributed by atoms with E-state index in [9.17, 15) is 8.42 Å². The van der Waals surface area contributed by atoms with Gasteiger partial charge in [-0.3, -0.25) is 0 Å². The molecule has 0 saturated heterocycles. The van der Waals surface area contributed by atoms with E-state index in [0.717, 1.165) is 12.8 Å². The second-order valence-electron chi connectivity index (χ2n) is 5.63. The maximum Gasteiger partial charge on any atom is 0.214 e. The minimum absolute atomic E-state index is 0.222. The lowest BCUT2D eigenvalue weighted by molar-refractivity contribution is 0.205. The Morgan fingerprint density at radius 1 is 1.28 bits per heavy atom. The molecule has 0 aliphatic heterocycles. The van der Waals surface area contributed by atoms with Gasteiger partial charge in [-0.1, -0.05) is 27.7 Å². The molecule has 0 saturated carbocycles. The van der Waals surface area contributed by atoms with Crippen LogP contribution in [0.3, 0.4) is 0 Å². The minimum Gasteiger partial charge on any atom is -0.329 e. The number of sulfonamides is 1. The number of hydrogen-bond acceptors (Lipinski definition) is 3. The maximum absolute atomic E-state index is 12.5. The van der Waals surface area contributed by atoms with E-state index in [1.165, 1.54) is 0 Å². The van der Waals surface area contributed by atoms with Crippen molar-refractivity contribution in [3.05, 3.63) is 0 Å². The van der Waals surface area contributed by atoms with E-state index in [-0.39, 0.29) is 5.75 Å². The third-order valence-electron chi connectivity index (χ3n) is 3.52. The molecule has 1 atom stereocenters. The molecular formula is C13H30N2O2S. The summed E-state index contributed by atoms with van der Waals surface area (Å²) in [5.74, 6) is 0.620. The fourth-order valence-corrected chi connectivity index (χ4v) is 4.19. The van der Waals surface area contributed by atoms with E-state index in [1.807, 2.05) is 34.6 Å². The van der Waals surface area contributed by atoms with Crippen LogP contribution in [0.1, 0.15) is 53.9 Å². The highest BCUT2D eigenvalue weighted by atomic mass is 32.2. The zero-order valence-corrected chi connectivity index (χ0v) is 13.4. The SMILES string of the molecule is CCCN(C(C)(CC)CN)S(=O)(=O)CCC(C)C. The minimum atomic E-state index is -3.21. The summed E-state index contributed by atoms with van der Waals surface area (Å²) in [6.45, 7) is 10.9. The zero-order chi connectivity index (χ0) is 14.4. The van der Waals surface area contributed by atoms with Crippen molar-refractivity contribution in [1.82, 2.24) is 4.31 Å². The van der Waals surface area contributed by atoms with Gasteiger partial charge in [0.15, 0.2) is 0 Å². The van der Waals surface area contributed by atoms with Crippen LogP contribution >= 0.6 is 0 Å². The zero-order valence-electron chi connectivity index (χ0n) is 12.6. The Hall–Kier alpha value is -0.130. The molecule has 0 aliphatic carbocycles. The van der Waals surface area contributed by atoms with Gasteiger partial charge in [0.1, 0.15) is 0 Å². The second kappa shape index (κ2) is 7.46. The van der Waals surface area contributed by atoms with Crippen molar-refractivity contribution in [3.8, 4) is 0 Å². The predicted octanol–water partition coefficient (Wildman–Crippen LogP) is 2.20. The van der Waals surface area contributed by atoms with Crippen molar-refractivity contribution >= 4 is 10.0 Å². The molecule has 18 heavy (non-hydrogen) atoms. The smallest absolute Gasteiger partial charge is 0.214 e. The van der Waals surface area contributed by atoms with Gasteiger partial charge in [-0.2, -0.15) is 4.31 Å². The highest BCUT2D eigenvalue weighted by molar-refractivity contribution is 7.89. The van der Waals surface area contributed by atoms with Gasteiger partial charge in [-0.05, 0) is 32.1 Å². The van der Waals surface area contributed by atoms with Crippen molar-refractivity contribution in [3.63, 3.8) is 0 Å². The van der Waals surface area contributed by atoms with Crippen molar-refractivity contribution in [2.75, 3.05) is 18.8 Å². The first-order chi connectivity index (χ1) is 8.23. The highest BCUT2D eigenvalue weighted by Gasteiger charge is 2.36. The summed E-state index contributed by atoms with van der Waals surface area (Å²) in [5.41, 5.74) is 5.34. The van der Waals surface area contributed by atoms with Crippen LogP contribution in [0.15, 0.2) is 0 Å². The van der Waals surface area contributed by atoms with Gasteiger partial charge < -0.3 is 5.73 Å². The summed E-state index contributed by atoms with van der Waals surface area (Å²) < 4.78 is 26.5. The second-order valence-corrected chi connectivity index (χ2v) is 7.64. The summed E-state index contributed by atoms with van der Waals surface area (Å²) in [5, 5.41) is 0. The van der Waals surface area contributed by atoms with E-state index in [4.69, 9.17) is 5.73 Å². The molecule has 0 rings (SSSR count). The Morgan fingerprint density at radius 3 is 2.17 bits per heavy atom. The lowest BCUT2D eigenvalue weighted by Gasteiger charge is -2.39. The van der Waals surface area contributed by atoms with Crippen LogP contribution in [0.5, 0.6) is 0 Å². The molecule has 110 valence electrons. The summed E-state index contributed by atoms with van der Waals surface area (Å²) in [6, 6.07) is 0. The molecule has 0 radical (unpaired) electrons. The van der Waals surface area contributed by atoms with Gasteiger partial charge in [-0.15, -0.1) is 0 Å². The van der Waals surface area contributed by atoms with Gasteiger partial charge in [0, 0.05) is 18.6 Å². The first kappa shape index (κ1) is 17.9. The fraction of sp³-hybridized carbons (Fsp3) is 1.00. The Kier molecular flexibility index (Phi) is 7.40. The summed E-state index contributed by atoms with van der Waals surface area (Å²) in [4.78, 5) is 0. The van der Waals surface area contributed by atoms with Crippen molar-refractivity contribution in [2.24, 2.45) is 11.7 Å². The van der Waals surface area contributed by atoms with Crippen molar-refractivity contribution in [2.45, 2.75) is 59.4 Å². The van der Waals surface area contributed by atoms with E-state index >= 15 is 0 Å². The third kappa shape index (κ3) is 4.86. The quantitative estimate of drug-likeness (QED) is 0.703. The molecule has 1 unspecified atom stereocenters. The van der Waals surface area contributed by atoms with Crippen molar-refractivity contribution < 1.29 is 8.42 Å². The van der Waals surface area contributed by atoms with Gasteiger partial charge >= 0.3 is 0 Å². The first-order valence-electron chi connectivity index (χ1n) is 6.94. The Balaban J connectivity index is 5.09. The van der Waals surface area contributed by atoms with E-state index < -0.39 is 15.6 Å². The average molecular weight is 278 g/mol. The van der Waals surface area contributed by atoms with Crippen molar-refractivity contribution in [1.29, 1.82) is 0 Å². The van der Waals surface area contributed by atoms with Crippen LogP contribution in [-0.4, -0.2) is 37.1 Å². The van der Waals surface area contributed by atoms with Gasteiger partial charge in [0.25, 0.3) is 0 Å². The number of nitrogens with two attached hydrogens (primary N) is 1. The fourth-order valence-electron chi connectivity index (χ4n) is 1.87. The van der Waals surface area contributed by atoms with Crippen LogP contribution in [0, 0.1) is 5.92 Å². The molecule has 5 heteroatoms. The molecule has 2 N–H and O–H groups in total. The first-order valence-corrected chi connectivity index (χ1v) is 8.55. The van der Waals surface area contributed by atoms with Crippen LogP contribution in [0.4, 0.5) is 0 Å². The van der Waals surface area contributed by atoms with E-state index in [0.29, 0.717) is 25.4 Å². The number of rotatable bonds is 9. The average Bonchev–Trinajstić information content (AvgIpc) is 2.32. The Labute approximate surface area is 113 Å². The molecule has 0 aliphatic rings. The molecule has 4 nitrogen and oxygen atoms in total. The van der Waals surface area contributed by atoms with Crippen LogP contribution in [0.2, 0.25) is 0 Å². The van der Waals surface area contributed by atoms with Gasteiger partial charge in [0.05, 0.1) is 5.75 Å². The lowest BCUT2D eigenvalue weighted by atomic mass is 9.99. The molecular weight excluding hydrogens is 248 g/mol. The van der Waals surface area contributed by atoms with Crippen LogP contribution in [-0.2, 0) is 10.0 Å².